The molecule has 82 valence electrons. The smallest absolute Gasteiger partial charge is 0.0649 e. The number of allylic oxidation sites excluding steroid dienone is 1. The summed E-state index contributed by atoms with van der Waals surface area (Å²) in [4.78, 5) is 0. The summed E-state index contributed by atoms with van der Waals surface area (Å²) in [6.45, 7) is 7.06. The van der Waals surface area contributed by atoms with Gasteiger partial charge in [-0.1, -0.05) is 18.1 Å². The Morgan fingerprint density at radius 2 is 2.29 bits per heavy atom. The summed E-state index contributed by atoms with van der Waals surface area (Å²) in [5.74, 6) is 0. The van der Waals surface area contributed by atoms with Crippen LogP contribution in [-0.4, -0.2) is 25.8 Å². The van der Waals surface area contributed by atoms with E-state index in [0.29, 0.717) is 6.04 Å². The van der Waals surface area contributed by atoms with Crippen LogP contribution in [0.4, 0.5) is 0 Å². The van der Waals surface area contributed by atoms with Crippen molar-refractivity contribution in [3.8, 4) is 0 Å². The van der Waals surface area contributed by atoms with E-state index in [1.165, 1.54) is 31.4 Å². The quantitative estimate of drug-likeness (QED) is 0.540. The monoisotopic (exact) mass is 197 g/mol. The molecule has 0 bridgehead atoms. The number of piperidine rings is 1. The molecule has 2 heteroatoms. The lowest BCUT2D eigenvalue weighted by molar-refractivity contribution is 0.145. The molecule has 1 heterocycles. The number of hydrogen-bond acceptors (Lipinski definition) is 2. The van der Waals surface area contributed by atoms with Gasteiger partial charge < -0.3 is 10.1 Å². The molecule has 0 saturated carbocycles. The highest BCUT2D eigenvalue weighted by atomic mass is 16.5. The Hall–Kier alpha value is -0.340. The van der Waals surface area contributed by atoms with Crippen LogP contribution in [0.15, 0.2) is 11.6 Å². The zero-order chi connectivity index (χ0) is 10.2. The standard InChI is InChI=1S/C12H23NO/c1-11(2)6-9-14-10-7-12-5-3-4-8-13-12/h6,12-13H,3-5,7-10H2,1-2H3. The lowest BCUT2D eigenvalue weighted by Crippen LogP contribution is -2.34. The first-order valence-corrected chi connectivity index (χ1v) is 5.73. The summed E-state index contributed by atoms with van der Waals surface area (Å²) < 4.78 is 5.53. The van der Waals surface area contributed by atoms with Gasteiger partial charge in [-0.2, -0.15) is 0 Å². The lowest BCUT2D eigenvalue weighted by Gasteiger charge is -2.23. The maximum Gasteiger partial charge on any atom is 0.0649 e. The maximum atomic E-state index is 5.53. The Morgan fingerprint density at radius 1 is 1.43 bits per heavy atom. The van der Waals surface area contributed by atoms with Crippen molar-refractivity contribution in [1.29, 1.82) is 0 Å². The van der Waals surface area contributed by atoms with Crippen LogP contribution in [0.5, 0.6) is 0 Å². The van der Waals surface area contributed by atoms with Gasteiger partial charge in [0.05, 0.1) is 6.61 Å². The molecular weight excluding hydrogens is 174 g/mol. The second-order valence-electron chi connectivity index (χ2n) is 4.29. The molecule has 0 aromatic carbocycles. The van der Waals surface area contributed by atoms with Gasteiger partial charge in [0.15, 0.2) is 0 Å². The van der Waals surface area contributed by atoms with Gasteiger partial charge in [0.2, 0.25) is 0 Å². The van der Waals surface area contributed by atoms with Crippen molar-refractivity contribution in [2.45, 2.75) is 45.6 Å². The first-order chi connectivity index (χ1) is 6.79. The van der Waals surface area contributed by atoms with Gasteiger partial charge in [-0.05, 0) is 39.7 Å². The maximum absolute atomic E-state index is 5.53. The molecule has 2 nitrogen and oxygen atoms in total. The topological polar surface area (TPSA) is 21.3 Å². The van der Waals surface area contributed by atoms with Crippen LogP contribution in [0.3, 0.4) is 0 Å². The lowest BCUT2D eigenvalue weighted by atomic mass is 10.0. The minimum Gasteiger partial charge on any atom is -0.377 e. The van der Waals surface area contributed by atoms with Gasteiger partial charge >= 0.3 is 0 Å². The summed E-state index contributed by atoms with van der Waals surface area (Å²) in [6.07, 6.45) is 7.34. The third-order valence-corrected chi connectivity index (χ3v) is 2.63. The molecule has 1 N–H and O–H groups in total. The molecule has 1 fully saturated rings. The Morgan fingerprint density at radius 3 is 2.93 bits per heavy atom. The van der Waals surface area contributed by atoms with Gasteiger partial charge in [-0.25, -0.2) is 0 Å². The number of ether oxygens (including phenoxy) is 1. The minimum absolute atomic E-state index is 0.704. The first kappa shape index (κ1) is 11.7. The van der Waals surface area contributed by atoms with E-state index in [9.17, 15) is 0 Å². The van der Waals surface area contributed by atoms with Crippen molar-refractivity contribution in [2.75, 3.05) is 19.8 Å². The predicted octanol–water partition coefficient (Wildman–Crippen LogP) is 2.50. The molecule has 0 spiro atoms. The van der Waals surface area contributed by atoms with E-state index in [0.717, 1.165) is 19.6 Å². The van der Waals surface area contributed by atoms with Crippen LogP contribution in [0.2, 0.25) is 0 Å². The third kappa shape index (κ3) is 5.40. The Labute approximate surface area is 87.7 Å². The first-order valence-electron chi connectivity index (χ1n) is 5.73. The minimum atomic E-state index is 0.704. The van der Waals surface area contributed by atoms with E-state index in [1.54, 1.807) is 0 Å². The molecule has 0 aromatic heterocycles. The van der Waals surface area contributed by atoms with Gasteiger partial charge in [-0.15, -0.1) is 0 Å². The molecule has 1 saturated heterocycles. The molecule has 1 aliphatic rings. The second-order valence-corrected chi connectivity index (χ2v) is 4.29. The average Bonchev–Trinajstić information content (AvgIpc) is 2.18. The molecule has 0 amide bonds. The van der Waals surface area contributed by atoms with Gasteiger partial charge in [-0.3, -0.25) is 0 Å². The predicted molar refractivity (Wildman–Crippen MR) is 60.5 cm³/mol. The molecule has 0 aliphatic carbocycles. The average molecular weight is 197 g/mol. The molecular formula is C12H23NO. The summed E-state index contributed by atoms with van der Waals surface area (Å²) in [5.41, 5.74) is 1.33. The largest absolute Gasteiger partial charge is 0.377 e. The highest BCUT2D eigenvalue weighted by molar-refractivity contribution is 4.92. The zero-order valence-corrected chi connectivity index (χ0v) is 9.51. The van der Waals surface area contributed by atoms with E-state index in [2.05, 4.69) is 25.2 Å². The number of hydrogen-bond donors (Lipinski definition) is 1. The highest BCUT2D eigenvalue weighted by Crippen LogP contribution is 2.09. The van der Waals surface area contributed by atoms with Crippen molar-refractivity contribution in [1.82, 2.24) is 5.32 Å². The summed E-state index contributed by atoms with van der Waals surface area (Å²) in [7, 11) is 0. The van der Waals surface area contributed by atoms with E-state index in [4.69, 9.17) is 4.74 Å². The highest BCUT2D eigenvalue weighted by Gasteiger charge is 2.11. The van der Waals surface area contributed by atoms with E-state index in [1.807, 2.05) is 0 Å². The summed E-state index contributed by atoms with van der Waals surface area (Å²) in [6, 6.07) is 0.704. The van der Waals surface area contributed by atoms with Crippen molar-refractivity contribution in [2.24, 2.45) is 0 Å². The van der Waals surface area contributed by atoms with Crippen LogP contribution in [-0.2, 0) is 4.74 Å². The fourth-order valence-corrected chi connectivity index (χ4v) is 1.70. The normalized spacial score (nSPS) is 22.0. The summed E-state index contributed by atoms with van der Waals surface area (Å²) >= 11 is 0. The van der Waals surface area contributed by atoms with Crippen LogP contribution in [0, 0.1) is 0 Å². The second kappa shape index (κ2) is 7.02. The molecule has 14 heavy (non-hydrogen) atoms. The molecule has 1 rings (SSSR count). The van der Waals surface area contributed by atoms with Crippen molar-refractivity contribution >= 4 is 0 Å². The van der Waals surface area contributed by atoms with E-state index in [-0.39, 0.29) is 0 Å². The van der Waals surface area contributed by atoms with E-state index < -0.39 is 0 Å². The molecule has 1 unspecified atom stereocenters. The fourth-order valence-electron chi connectivity index (χ4n) is 1.70. The zero-order valence-electron chi connectivity index (χ0n) is 9.51. The molecule has 0 aromatic rings. The summed E-state index contributed by atoms with van der Waals surface area (Å²) in [5, 5.41) is 3.52. The molecule has 1 atom stereocenters. The van der Waals surface area contributed by atoms with E-state index >= 15 is 0 Å². The van der Waals surface area contributed by atoms with Gasteiger partial charge in [0.25, 0.3) is 0 Å². The van der Waals surface area contributed by atoms with Crippen molar-refractivity contribution in [3.05, 3.63) is 11.6 Å². The third-order valence-electron chi connectivity index (χ3n) is 2.63. The molecule has 1 aliphatic heterocycles. The van der Waals surface area contributed by atoms with Gasteiger partial charge in [0, 0.05) is 12.6 Å². The van der Waals surface area contributed by atoms with Crippen LogP contribution in [0.25, 0.3) is 0 Å². The number of nitrogens with one attached hydrogen (secondary N) is 1. The van der Waals surface area contributed by atoms with Crippen molar-refractivity contribution < 1.29 is 4.74 Å². The Bertz CT molecular complexity index is 167. The SMILES string of the molecule is CC(C)=CCOCCC1CCCCN1. The Kier molecular flexibility index (Phi) is 5.88. The van der Waals surface area contributed by atoms with Crippen LogP contribution in [0.1, 0.15) is 39.5 Å². The fraction of sp³-hybridized carbons (Fsp3) is 0.833. The van der Waals surface area contributed by atoms with Gasteiger partial charge in [0.1, 0.15) is 0 Å². The van der Waals surface area contributed by atoms with Crippen LogP contribution >= 0.6 is 0 Å². The van der Waals surface area contributed by atoms with Crippen molar-refractivity contribution in [3.63, 3.8) is 0 Å². The van der Waals surface area contributed by atoms with Crippen LogP contribution < -0.4 is 5.32 Å². The number of rotatable bonds is 5. The molecule has 0 radical (unpaired) electrons. The Balaban J connectivity index is 1.95.